The summed E-state index contributed by atoms with van der Waals surface area (Å²) >= 11 is 0. The van der Waals surface area contributed by atoms with Crippen LogP contribution >= 0.6 is 0 Å². The fourth-order valence-corrected chi connectivity index (χ4v) is 2.07. The molecule has 0 N–H and O–H groups in total. The van der Waals surface area contributed by atoms with Crippen molar-refractivity contribution in [3.8, 4) is 6.07 Å². The summed E-state index contributed by atoms with van der Waals surface area (Å²) in [5, 5.41) is 9.22. The quantitative estimate of drug-likeness (QED) is 0.797. The third-order valence-corrected chi connectivity index (χ3v) is 3.33. The fraction of sp³-hybridized carbons (Fsp3) is 0.176. The molecule has 0 spiro atoms. The smallest absolute Gasteiger partial charge is 0.190 e. The molecule has 0 aromatic heterocycles. The molecule has 0 aliphatic rings. The maximum absolute atomic E-state index is 14.0. The predicted molar refractivity (Wildman–Crippen MR) is 75.0 cm³/mol. The minimum absolute atomic E-state index is 0.167. The number of benzene rings is 2. The number of Topliss-reactive ketones (excluding diaryl/α,β-unsaturated/α-hetero) is 1. The van der Waals surface area contributed by atoms with Crippen LogP contribution in [0.1, 0.15) is 33.0 Å². The van der Waals surface area contributed by atoms with E-state index in [-0.39, 0.29) is 5.56 Å². The molecule has 0 radical (unpaired) electrons. The van der Waals surface area contributed by atoms with E-state index in [0.717, 1.165) is 11.6 Å². The van der Waals surface area contributed by atoms with E-state index in [1.54, 1.807) is 24.3 Å². The highest BCUT2D eigenvalue weighted by Crippen LogP contribution is 2.25. The third kappa shape index (κ3) is 2.82. The van der Waals surface area contributed by atoms with Crippen molar-refractivity contribution in [2.24, 2.45) is 0 Å². The number of ketones is 1. The van der Waals surface area contributed by atoms with Gasteiger partial charge in [0, 0.05) is 0 Å². The Hall–Kier alpha value is -2.54. The maximum atomic E-state index is 14.0. The Morgan fingerprint density at radius 3 is 2.29 bits per heavy atom. The van der Waals surface area contributed by atoms with Crippen molar-refractivity contribution in [3.05, 3.63) is 70.3 Å². The average molecular weight is 285 g/mol. The summed E-state index contributed by atoms with van der Waals surface area (Å²) < 4.78 is 27.8. The normalized spacial score (nSPS) is 11.8. The van der Waals surface area contributed by atoms with Gasteiger partial charge in [0.1, 0.15) is 17.6 Å². The van der Waals surface area contributed by atoms with Crippen LogP contribution in [-0.2, 0) is 0 Å². The van der Waals surface area contributed by atoms with E-state index in [9.17, 15) is 18.8 Å². The van der Waals surface area contributed by atoms with Crippen LogP contribution in [-0.4, -0.2) is 5.78 Å². The van der Waals surface area contributed by atoms with Gasteiger partial charge in [0.15, 0.2) is 5.78 Å². The molecular weight excluding hydrogens is 272 g/mol. The minimum atomic E-state index is -1.23. The molecule has 0 saturated heterocycles. The van der Waals surface area contributed by atoms with Crippen LogP contribution in [0.25, 0.3) is 0 Å². The number of rotatable bonds is 3. The van der Waals surface area contributed by atoms with Crippen LogP contribution in [0, 0.1) is 36.8 Å². The molecule has 0 saturated carbocycles. The molecular formula is C17H13F2NO. The Kier molecular flexibility index (Phi) is 4.13. The third-order valence-electron chi connectivity index (χ3n) is 3.33. The Morgan fingerprint density at radius 1 is 1.10 bits per heavy atom. The van der Waals surface area contributed by atoms with Gasteiger partial charge in [-0.15, -0.1) is 0 Å². The molecule has 0 bridgehead atoms. The van der Waals surface area contributed by atoms with Crippen molar-refractivity contribution in [1.29, 1.82) is 5.26 Å². The molecule has 0 amide bonds. The van der Waals surface area contributed by atoms with Crippen molar-refractivity contribution < 1.29 is 13.6 Å². The van der Waals surface area contributed by atoms with Gasteiger partial charge in [-0.25, -0.2) is 8.78 Å². The number of halogens is 2. The van der Waals surface area contributed by atoms with Gasteiger partial charge in [-0.3, -0.25) is 4.79 Å². The van der Waals surface area contributed by atoms with Gasteiger partial charge in [-0.2, -0.15) is 5.26 Å². The molecule has 106 valence electrons. The van der Waals surface area contributed by atoms with E-state index in [1.807, 2.05) is 13.0 Å². The molecule has 0 aliphatic carbocycles. The standard InChI is InChI=1S/C17H13F2NO/c1-10-3-6-12(7-4-10)13(9-20)17(21)15-14(18)8-5-11(2)16(15)19/h3-8,13H,1-2H3. The van der Waals surface area contributed by atoms with E-state index in [2.05, 4.69) is 0 Å². The molecule has 1 atom stereocenters. The van der Waals surface area contributed by atoms with Crippen molar-refractivity contribution in [1.82, 2.24) is 0 Å². The largest absolute Gasteiger partial charge is 0.292 e. The summed E-state index contributed by atoms with van der Waals surface area (Å²) in [6, 6.07) is 10.9. The zero-order valence-corrected chi connectivity index (χ0v) is 11.7. The molecule has 4 heteroatoms. The molecule has 2 nitrogen and oxygen atoms in total. The molecule has 0 fully saturated rings. The first-order chi connectivity index (χ1) is 9.95. The molecule has 0 aliphatic heterocycles. The van der Waals surface area contributed by atoms with Crippen molar-refractivity contribution in [2.75, 3.05) is 0 Å². The number of nitrogens with zero attached hydrogens (tertiary/aromatic N) is 1. The number of nitriles is 1. The summed E-state index contributed by atoms with van der Waals surface area (Å²) in [4.78, 5) is 12.4. The van der Waals surface area contributed by atoms with E-state index >= 15 is 0 Å². The van der Waals surface area contributed by atoms with E-state index in [1.165, 1.54) is 13.0 Å². The second-order valence-corrected chi connectivity index (χ2v) is 4.89. The van der Waals surface area contributed by atoms with Crippen LogP contribution in [0.2, 0.25) is 0 Å². The minimum Gasteiger partial charge on any atom is -0.292 e. The molecule has 0 heterocycles. The Morgan fingerprint density at radius 2 is 1.71 bits per heavy atom. The lowest BCUT2D eigenvalue weighted by molar-refractivity contribution is 0.0970. The van der Waals surface area contributed by atoms with Crippen LogP contribution in [0.5, 0.6) is 0 Å². The number of hydrogen-bond acceptors (Lipinski definition) is 2. The molecule has 2 rings (SSSR count). The van der Waals surface area contributed by atoms with Gasteiger partial charge < -0.3 is 0 Å². The van der Waals surface area contributed by atoms with E-state index in [0.29, 0.717) is 5.56 Å². The lowest BCUT2D eigenvalue weighted by atomic mass is 9.90. The Balaban J connectivity index is 2.50. The maximum Gasteiger partial charge on any atom is 0.190 e. The van der Waals surface area contributed by atoms with Gasteiger partial charge in [0.2, 0.25) is 0 Å². The first-order valence-corrected chi connectivity index (χ1v) is 6.40. The number of carbonyl (C=O) groups is 1. The lowest BCUT2D eigenvalue weighted by Crippen LogP contribution is -2.15. The number of aryl methyl sites for hydroxylation is 2. The van der Waals surface area contributed by atoms with E-state index < -0.39 is 28.9 Å². The predicted octanol–water partition coefficient (Wildman–Crippen LogP) is 4.07. The summed E-state index contributed by atoms with van der Waals surface area (Å²) in [7, 11) is 0. The number of hydrogen-bond donors (Lipinski definition) is 0. The first-order valence-electron chi connectivity index (χ1n) is 6.40. The molecule has 2 aromatic carbocycles. The highest BCUT2D eigenvalue weighted by atomic mass is 19.1. The highest BCUT2D eigenvalue weighted by Gasteiger charge is 2.27. The molecule has 21 heavy (non-hydrogen) atoms. The monoisotopic (exact) mass is 285 g/mol. The van der Waals surface area contributed by atoms with Crippen molar-refractivity contribution in [2.45, 2.75) is 19.8 Å². The second-order valence-electron chi connectivity index (χ2n) is 4.89. The van der Waals surface area contributed by atoms with Gasteiger partial charge in [-0.05, 0) is 31.0 Å². The summed E-state index contributed by atoms with van der Waals surface area (Å²) in [5.41, 5.74) is 0.909. The van der Waals surface area contributed by atoms with Crippen LogP contribution < -0.4 is 0 Å². The average Bonchev–Trinajstić information content (AvgIpc) is 2.46. The Labute approximate surface area is 121 Å². The molecule has 1 unspecified atom stereocenters. The van der Waals surface area contributed by atoms with Gasteiger partial charge in [0.25, 0.3) is 0 Å². The van der Waals surface area contributed by atoms with Gasteiger partial charge in [0.05, 0.1) is 11.6 Å². The zero-order chi connectivity index (χ0) is 15.6. The summed E-state index contributed by atoms with van der Waals surface area (Å²) in [6.07, 6.45) is 0. The van der Waals surface area contributed by atoms with E-state index in [4.69, 9.17) is 0 Å². The zero-order valence-electron chi connectivity index (χ0n) is 11.7. The SMILES string of the molecule is Cc1ccc(C(C#N)C(=O)c2c(F)ccc(C)c2F)cc1. The van der Waals surface area contributed by atoms with Gasteiger partial charge in [-0.1, -0.05) is 35.9 Å². The van der Waals surface area contributed by atoms with Crippen LogP contribution in [0.4, 0.5) is 8.78 Å². The fourth-order valence-electron chi connectivity index (χ4n) is 2.07. The summed E-state index contributed by atoms with van der Waals surface area (Å²) in [5.74, 6) is -3.95. The van der Waals surface area contributed by atoms with Crippen molar-refractivity contribution in [3.63, 3.8) is 0 Å². The summed E-state index contributed by atoms with van der Waals surface area (Å²) in [6.45, 7) is 3.31. The molecule has 2 aromatic rings. The highest BCUT2D eigenvalue weighted by molar-refractivity contribution is 6.03. The second kappa shape index (κ2) is 5.84. The topological polar surface area (TPSA) is 40.9 Å². The number of carbonyl (C=O) groups excluding carboxylic acids is 1. The van der Waals surface area contributed by atoms with Crippen LogP contribution in [0.15, 0.2) is 36.4 Å². The van der Waals surface area contributed by atoms with Crippen LogP contribution in [0.3, 0.4) is 0 Å². The van der Waals surface area contributed by atoms with Crippen molar-refractivity contribution >= 4 is 5.78 Å². The first kappa shape index (κ1) is 14.9. The van der Waals surface area contributed by atoms with Gasteiger partial charge >= 0.3 is 0 Å². The lowest BCUT2D eigenvalue weighted by Gasteiger charge is -2.11. The Bertz CT molecular complexity index is 730.